The zero-order chi connectivity index (χ0) is 21.3. The van der Waals surface area contributed by atoms with Crippen LogP contribution in [0.1, 0.15) is 18.4 Å². The maximum atomic E-state index is 12.7. The summed E-state index contributed by atoms with van der Waals surface area (Å²) in [5, 5.41) is 2.56. The number of hydrogen-bond acceptors (Lipinski definition) is 6. The van der Waals surface area contributed by atoms with Crippen molar-refractivity contribution in [3.63, 3.8) is 0 Å². The number of hydrogen-bond donors (Lipinski definition) is 1. The molecule has 30 heavy (non-hydrogen) atoms. The molecule has 1 heterocycles. The van der Waals surface area contributed by atoms with Crippen LogP contribution in [0.25, 0.3) is 6.08 Å². The lowest BCUT2D eigenvalue weighted by atomic mass is 9.93. The normalized spacial score (nSPS) is 26.0. The van der Waals surface area contributed by atoms with Crippen LogP contribution in [0.2, 0.25) is 0 Å². The molecule has 3 aliphatic rings. The number of amides is 3. The summed E-state index contributed by atoms with van der Waals surface area (Å²) in [5.41, 5.74) is 0.732. The second-order valence-electron chi connectivity index (χ2n) is 7.63. The van der Waals surface area contributed by atoms with E-state index in [9.17, 15) is 14.4 Å². The molecule has 0 aromatic heterocycles. The molecule has 1 aromatic rings. The van der Waals surface area contributed by atoms with Gasteiger partial charge in [0.15, 0.2) is 11.5 Å². The van der Waals surface area contributed by atoms with Crippen molar-refractivity contribution >= 4 is 34.9 Å². The SMILES string of the molecule is COc1ccc(/C=C2\SC(=O)N(CCNC(=O)[C@H]3C[C@@H]4C=C[C@H]3C4)C2=O)cc1OC. The van der Waals surface area contributed by atoms with E-state index in [2.05, 4.69) is 17.5 Å². The molecule has 7 nitrogen and oxygen atoms in total. The fourth-order valence-corrected chi connectivity index (χ4v) is 5.16. The van der Waals surface area contributed by atoms with Crippen LogP contribution in [-0.4, -0.2) is 49.3 Å². The van der Waals surface area contributed by atoms with Gasteiger partial charge in [0.25, 0.3) is 11.1 Å². The zero-order valence-corrected chi connectivity index (χ0v) is 17.7. The molecule has 0 spiro atoms. The number of benzene rings is 1. The van der Waals surface area contributed by atoms with Gasteiger partial charge in [0.1, 0.15) is 0 Å². The third-order valence-corrected chi connectivity index (χ3v) is 6.74. The molecule has 2 fully saturated rings. The highest BCUT2D eigenvalue weighted by Gasteiger charge is 2.40. The van der Waals surface area contributed by atoms with Crippen molar-refractivity contribution in [3.8, 4) is 11.5 Å². The quantitative estimate of drug-likeness (QED) is 0.531. The first-order valence-corrected chi connectivity index (χ1v) is 10.7. The second-order valence-corrected chi connectivity index (χ2v) is 8.62. The average Bonchev–Trinajstić information content (AvgIpc) is 3.45. The van der Waals surface area contributed by atoms with Gasteiger partial charge in [-0.15, -0.1) is 0 Å². The fraction of sp³-hybridized carbons (Fsp3) is 0.409. The number of nitrogens with one attached hydrogen (secondary N) is 1. The molecule has 158 valence electrons. The minimum atomic E-state index is -0.350. The lowest BCUT2D eigenvalue weighted by molar-refractivity contribution is -0.127. The highest BCUT2D eigenvalue weighted by atomic mass is 32.2. The Hall–Kier alpha value is -2.74. The van der Waals surface area contributed by atoms with E-state index in [1.54, 1.807) is 31.4 Å². The number of carbonyl (C=O) groups excluding carboxylic acids is 3. The average molecular weight is 429 g/mol. The van der Waals surface area contributed by atoms with Crippen molar-refractivity contribution in [1.82, 2.24) is 10.2 Å². The third-order valence-electron chi connectivity index (χ3n) is 5.83. The Bertz CT molecular complexity index is 941. The van der Waals surface area contributed by atoms with Crippen LogP contribution in [0.15, 0.2) is 35.3 Å². The Balaban J connectivity index is 1.35. The number of carbonyl (C=O) groups is 3. The summed E-state index contributed by atoms with van der Waals surface area (Å²) in [6.45, 7) is 0.425. The molecule has 2 bridgehead atoms. The summed E-state index contributed by atoms with van der Waals surface area (Å²) in [6.07, 6.45) is 7.94. The number of thioether (sulfide) groups is 1. The van der Waals surface area contributed by atoms with E-state index in [0.717, 1.165) is 30.2 Å². The number of ether oxygens (including phenoxy) is 2. The van der Waals surface area contributed by atoms with Crippen molar-refractivity contribution in [2.24, 2.45) is 17.8 Å². The van der Waals surface area contributed by atoms with Gasteiger partial charge in [-0.2, -0.15) is 0 Å². The first kappa shape index (κ1) is 20.5. The van der Waals surface area contributed by atoms with E-state index in [4.69, 9.17) is 9.47 Å². The molecular formula is C22H24N2O5S. The van der Waals surface area contributed by atoms with E-state index < -0.39 is 0 Å². The first-order valence-electron chi connectivity index (χ1n) is 9.93. The molecule has 1 aromatic carbocycles. The van der Waals surface area contributed by atoms with Gasteiger partial charge in [-0.25, -0.2) is 0 Å². The van der Waals surface area contributed by atoms with Crippen molar-refractivity contribution in [2.75, 3.05) is 27.3 Å². The molecule has 0 unspecified atom stereocenters. The highest BCUT2D eigenvalue weighted by molar-refractivity contribution is 8.18. The van der Waals surface area contributed by atoms with Crippen LogP contribution in [0.5, 0.6) is 11.5 Å². The van der Waals surface area contributed by atoms with Crippen LogP contribution in [0, 0.1) is 17.8 Å². The first-order chi connectivity index (χ1) is 14.5. The lowest BCUT2D eigenvalue weighted by Gasteiger charge is -2.19. The van der Waals surface area contributed by atoms with Crippen LogP contribution < -0.4 is 14.8 Å². The van der Waals surface area contributed by atoms with Gasteiger partial charge >= 0.3 is 0 Å². The molecule has 1 saturated carbocycles. The Labute approximate surface area is 179 Å². The lowest BCUT2D eigenvalue weighted by Crippen LogP contribution is -2.40. The fourth-order valence-electron chi connectivity index (χ4n) is 4.29. The van der Waals surface area contributed by atoms with Gasteiger partial charge < -0.3 is 14.8 Å². The summed E-state index contributed by atoms with van der Waals surface area (Å²) in [5.74, 6) is 1.66. The summed E-state index contributed by atoms with van der Waals surface area (Å²) in [4.78, 5) is 38.9. The van der Waals surface area contributed by atoms with E-state index in [1.165, 1.54) is 12.0 Å². The molecular weight excluding hydrogens is 404 g/mol. The summed E-state index contributed by atoms with van der Waals surface area (Å²) < 4.78 is 10.5. The van der Waals surface area contributed by atoms with E-state index >= 15 is 0 Å². The number of nitrogens with zero attached hydrogens (tertiary/aromatic N) is 1. The Morgan fingerprint density at radius 3 is 2.67 bits per heavy atom. The maximum absolute atomic E-state index is 12.7. The van der Waals surface area contributed by atoms with Crippen LogP contribution in [-0.2, 0) is 9.59 Å². The smallest absolute Gasteiger partial charge is 0.293 e. The highest BCUT2D eigenvalue weighted by Crippen LogP contribution is 2.43. The van der Waals surface area contributed by atoms with Gasteiger partial charge in [-0.05, 0) is 60.2 Å². The molecule has 2 aliphatic carbocycles. The monoisotopic (exact) mass is 428 g/mol. The maximum Gasteiger partial charge on any atom is 0.293 e. The van der Waals surface area contributed by atoms with Gasteiger partial charge in [0.2, 0.25) is 5.91 Å². The largest absolute Gasteiger partial charge is 0.493 e. The van der Waals surface area contributed by atoms with E-state index in [1.807, 2.05) is 0 Å². The van der Waals surface area contributed by atoms with Crippen LogP contribution in [0.4, 0.5) is 4.79 Å². The Kier molecular flexibility index (Phi) is 5.85. The number of rotatable bonds is 7. The van der Waals surface area contributed by atoms with Gasteiger partial charge in [0, 0.05) is 19.0 Å². The molecule has 4 rings (SSSR count). The van der Waals surface area contributed by atoms with E-state index in [0.29, 0.717) is 28.2 Å². The Morgan fingerprint density at radius 2 is 2.00 bits per heavy atom. The molecule has 8 heteroatoms. The van der Waals surface area contributed by atoms with Crippen molar-refractivity contribution < 1.29 is 23.9 Å². The molecule has 1 saturated heterocycles. The van der Waals surface area contributed by atoms with Gasteiger partial charge in [-0.3, -0.25) is 19.3 Å². The summed E-state index contributed by atoms with van der Waals surface area (Å²) in [7, 11) is 3.09. The summed E-state index contributed by atoms with van der Waals surface area (Å²) >= 11 is 0.899. The number of imide groups is 1. The molecule has 1 N–H and O–H groups in total. The topological polar surface area (TPSA) is 84.9 Å². The van der Waals surface area contributed by atoms with E-state index in [-0.39, 0.29) is 36.1 Å². The van der Waals surface area contributed by atoms with Crippen molar-refractivity contribution in [3.05, 3.63) is 40.8 Å². The zero-order valence-electron chi connectivity index (χ0n) is 16.9. The minimum Gasteiger partial charge on any atom is -0.493 e. The third kappa shape index (κ3) is 3.96. The number of methoxy groups -OCH3 is 2. The van der Waals surface area contributed by atoms with Crippen LogP contribution in [0.3, 0.4) is 0 Å². The van der Waals surface area contributed by atoms with Crippen molar-refractivity contribution in [2.45, 2.75) is 12.8 Å². The van der Waals surface area contributed by atoms with Crippen molar-refractivity contribution in [1.29, 1.82) is 0 Å². The predicted molar refractivity (Wildman–Crippen MR) is 114 cm³/mol. The number of fused-ring (bicyclic) bond motifs is 2. The minimum absolute atomic E-state index is 0.0136. The number of allylic oxidation sites excluding steroid dienone is 2. The molecule has 0 radical (unpaired) electrons. The standard InChI is InChI=1S/C22H24N2O5S/c1-28-17-6-4-14(11-18(17)29-2)12-19-21(26)24(22(27)30-19)8-7-23-20(25)16-10-13-3-5-15(16)9-13/h3-6,11-13,15-16H,7-10H2,1-2H3,(H,23,25)/b19-12-/t13-,15+,16+/m1/s1. The summed E-state index contributed by atoms with van der Waals surface area (Å²) in [6, 6.07) is 5.28. The molecule has 3 atom stereocenters. The van der Waals surface area contributed by atoms with Gasteiger partial charge in [0.05, 0.1) is 19.1 Å². The molecule has 1 aliphatic heterocycles. The van der Waals surface area contributed by atoms with Crippen LogP contribution >= 0.6 is 11.8 Å². The molecule has 3 amide bonds. The Morgan fingerprint density at radius 1 is 1.20 bits per heavy atom. The van der Waals surface area contributed by atoms with Gasteiger partial charge in [-0.1, -0.05) is 18.2 Å². The second kappa shape index (κ2) is 8.55. The predicted octanol–water partition coefficient (Wildman–Crippen LogP) is 3.07.